The highest BCUT2D eigenvalue weighted by Gasteiger charge is 2.12. The van der Waals surface area contributed by atoms with Gasteiger partial charge in [0, 0.05) is 35.1 Å². The fourth-order valence-corrected chi connectivity index (χ4v) is 1.88. The van der Waals surface area contributed by atoms with Gasteiger partial charge in [0.05, 0.1) is 12.5 Å². The van der Waals surface area contributed by atoms with Gasteiger partial charge in [-0.05, 0) is 30.3 Å². The average molecular weight is 259 g/mol. The van der Waals surface area contributed by atoms with Crippen molar-refractivity contribution in [1.82, 2.24) is 4.57 Å². The molecule has 0 radical (unpaired) electrons. The molecule has 1 aromatic carbocycles. The monoisotopic (exact) mass is 258 g/mol. The van der Waals surface area contributed by atoms with Crippen molar-refractivity contribution in [3.05, 3.63) is 58.4 Å². The molecule has 0 aliphatic heterocycles. The summed E-state index contributed by atoms with van der Waals surface area (Å²) in [5.74, 6) is -0.0635. The Bertz CT molecular complexity index is 620. The van der Waals surface area contributed by atoms with E-state index in [9.17, 15) is 4.79 Å². The van der Waals surface area contributed by atoms with Gasteiger partial charge in [0.1, 0.15) is 0 Å². The van der Waals surface area contributed by atoms with Crippen LogP contribution in [-0.4, -0.2) is 10.4 Å². The van der Waals surface area contributed by atoms with Crippen LogP contribution in [0.3, 0.4) is 0 Å². The number of carbonyl (C=O) groups excluding carboxylic acids is 1. The lowest BCUT2D eigenvalue weighted by atomic mass is 10.1. The third kappa shape index (κ3) is 2.44. The van der Waals surface area contributed by atoms with E-state index in [-0.39, 0.29) is 5.78 Å². The topological polar surface area (TPSA) is 45.8 Å². The summed E-state index contributed by atoms with van der Waals surface area (Å²) in [6.45, 7) is 0. The number of ketones is 1. The summed E-state index contributed by atoms with van der Waals surface area (Å²) >= 11 is 5.78. The second-order valence-electron chi connectivity index (χ2n) is 4.00. The number of nitriles is 1. The Morgan fingerprint density at radius 1 is 1.33 bits per heavy atom. The SMILES string of the molecule is Cn1cc(C(=O)c2ccc(Cl)cc2)cc1CC#N. The predicted octanol–water partition coefficient (Wildman–Crippen LogP) is 2.98. The molecule has 0 fully saturated rings. The molecule has 0 atom stereocenters. The molecule has 3 nitrogen and oxygen atoms in total. The summed E-state index contributed by atoms with van der Waals surface area (Å²) in [4.78, 5) is 12.2. The highest BCUT2D eigenvalue weighted by molar-refractivity contribution is 6.30. The van der Waals surface area contributed by atoms with E-state index in [2.05, 4.69) is 6.07 Å². The first-order chi connectivity index (χ1) is 8.61. The van der Waals surface area contributed by atoms with Crippen LogP contribution in [-0.2, 0) is 13.5 Å². The second-order valence-corrected chi connectivity index (χ2v) is 4.44. The summed E-state index contributed by atoms with van der Waals surface area (Å²) in [5.41, 5.74) is 2.01. The van der Waals surface area contributed by atoms with Crippen LogP contribution in [0.1, 0.15) is 21.6 Å². The van der Waals surface area contributed by atoms with Crippen molar-refractivity contribution < 1.29 is 4.79 Å². The van der Waals surface area contributed by atoms with Crippen LogP contribution in [0.2, 0.25) is 5.02 Å². The molecule has 0 saturated heterocycles. The summed E-state index contributed by atoms with van der Waals surface area (Å²) in [5, 5.41) is 9.28. The van der Waals surface area contributed by atoms with Crippen LogP contribution in [0.5, 0.6) is 0 Å². The fraction of sp³-hybridized carbons (Fsp3) is 0.143. The van der Waals surface area contributed by atoms with Gasteiger partial charge in [0.2, 0.25) is 0 Å². The molecule has 0 aliphatic rings. The zero-order valence-electron chi connectivity index (χ0n) is 9.85. The normalized spacial score (nSPS) is 10.1. The van der Waals surface area contributed by atoms with Crippen LogP contribution in [0.15, 0.2) is 36.5 Å². The van der Waals surface area contributed by atoms with Gasteiger partial charge >= 0.3 is 0 Å². The molecule has 18 heavy (non-hydrogen) atoms. The van der Waals surface area contributed by atoms with E-state index in [0.717, 1.165) is 5.69 Å². The van der Waals surface area contributed by atoms with Gasteiger partial charge in [-0.25, -0.2) is 0 Å². The summed E-state index contributed by atoms with van der Waals surface area (Å²) < 4.78 is 1.80. The number of aryl methyl sites for hydroxylation is 1. The third-order valence-corrected chi connectivity index (χ3v) is 2.99. The molecule has 0 N–H and O–H groups in total. The van der Waals surface area contributed by atoms with E-state index in [0.29, 0.717) is 22.6 Å². The molecule has 0 aliphatic carbocycles. The Balaban J connectivity index is 2.32. The maximum Gasteiger partial charge on any atom is 0.194 e. The number of carbonyl (C=O) groups is 1. The minimum absolute atomic E-state index is 0.0635. The number of halogens is 1. The molecule has 0 amide bonds. The predicted molar refractivity (Wildman–Crippen MR) is 69.6 cm³/mol. The smallest absolute Gasteiger partial charge is 0.194 e. The molecule has 4 heteroatoms. The lowest BCUT2D eigenvalue weighted by Gasteiger charge is -1.98. The van der Waals surface area contributed by atoms with E-state index < -0.39 is 0 Å². The maximum absolute atomic E-state index is 12.2. The van der Waals surface area contributed by atoms with Gasteiger partial charge in [-0.2, -0.15) is 5.26 Å². The molecule has 1 aromatic heterocycles. The number of benzene rings is 1. The Morgan fingerprint density at radius 2 is 2.00 bits per heavy atom. The quantitative estimate of drug-likeness (QED) is 0.795. The van der Waals surface area contributed by atoms with Crippen LogP contribution in [0, 0.1) is 11.3 Å². The molecule has 1 heterocycles. The zero-order valence-corrected chi connectivity index (χ0v) is 10.6. The number of hydrogen-bond donors (Lipinski definition) is 0. The van der Waals surface area contributed by atoms with Gasteiger partial charge in [-0.15, -0.1) is 0 Å². The van der Waals surface area contributed by atoms with Crippen LogP contribution in [0.25, 0.3) is 0 Å². The van der Waals surface area contributed by atoms with Gasteiger partial charge in [-0.1, -0.05) is 11.6 Å². The van der Waals surface area contributed by atoms with Gasteiger partial charge in [0.15, 0.2) is 5.78 Å². The largest absolute Gasteiger partial charge is 0.353 e. The molecular formula is C14H11ClN2O. The third-order valence-electron chi connectivity index (χ3n) is 2.74. The van der Waals surface area contributed by atoms with Gasteiger partial charge in [-0.3, -0.25) is 4.79 Å². The van der Waals surface area contributed by atoms with Crippen molar-refractivity contribution >= 4 is 17.4 Å². The molecule has 0 saturated carbocycles. The van der Waals surface area contributed by atoms with E-state index in [1.165, 1.54) is 0 Å². The Labute approximate surface area is 110 Å². The molecule has 2 aromatic rings. The number of rotatable bonds is 3. The number of aromatic nitrogens is 1. The highest BCUT2D eigenvalue weighted by Crippen LogP contribution is 2.16. The van der Waals surface area contributed by atoms with E-state index in [1.54, 1.807) is 41.1 Å². The first-order valence-electron chi connectivity index (χ1n) is 5.44. The fourth-order valence-electron chi connectivity index (χ4n) is 1.76. The number of hydrogen-bond acceptors (Lipinski definition) is 2. The molecule has 0 spiro atoms. The molecule has 0 bridgehead atoms. The first kappa shape index (κ1) is 12.4. The number of nitrogens with zero attached hydrogens (tertiary/aromatic N) is 2. The minimum Gasteiger partial charge on any atom is -0.353 e. The van der Waals surface area contributed by atoms with Crippen molar-refractivity contribution in [1.29, 1.82) is 5.26 Å². The van der Waals surface area contributed by atoms with Crippen molar-refractivity contribution in [3.63, 3.8) is 0 Å². The van der Waals surface area contributed by atoms with Crippen LogP contribution in [0.4, 0.5) is 0 Å². The van der Waals surface area contributed by atoms with Crippen LogP contribution < -0.4 is 0 Å². The molecule has 90 valence electrons. The van der Waals surface area contributed by atoms with E-state index >= 15 is 0 Å². The lowest BCUT2D eigenvalue weighted by Crippen LogP contribution is -1.99. The summed E-state index contributed by atoms with van der Waals surface area (Å²) in [6.07, 6.45) is 2.04. The molecule has 0 unspecified atom stereocenters. The Morgan fingerprint density at radius 3 is 2.61 bits per heavy atom. The van der Waals surface area contributed by atoms with Gasteiger partial charge < -0.3 is 4.57 Å². The van der Waals surface area contributed by atoms with E-state index in [4.69, 9.17) is 16.9 Å². The standard InChI is InChI=1S/C14H11ClN2O/c1-17-9-11(8-13(17)6-7-16)14(18)10-2-4-12(15)5-3-10/h2-5,8-9H,6H2,1H3. The first-order valence-corrected chi connectivity index (χ1v) is 5.82. The minimum atomic E-state index is -0.0635. The average Bonchev–Trinajstić information content (AvgIpc) is 2.72. The molecular weight excluding hydrogens is 248 g/mol. The Hall–Kier alpha value is -2.05. The van der Waals surface area contributed by atoms with Crippen molar-refractivity contribution in [3.8, 4) is 6.07 Å². The lowest BCUT2D eigenvalue weighted by molar-refractivity contribution is 0.103. The van der Waals surface area contributed by atoms with E-state index in [1.807, 2.05) is 7.05 Å². The maximum atomic E-state index is 12.2. The van der Waals surface area contributed by atoms with Gasteiger partial charge in [0.25, 0.3) is 0 Å². The highest BCUT2D eigenvalue weighted by atomic mass is 35.5. The zero-order chi connectivity index (χ0) is 13.1. The Kier molecular flexibility index (Phi) is 3.50. The van der Waals surface area contributed by atoms with Crippen molar-refractivity contribution in [2.45, 2.75) is 6.42 Å². The van der Waals surface area contributed by atoms with Crippen molar-refractivity contribution in [2.75, 3.05) is 0 Å². The van der Waals surface area contributed by atoms with Crippen LogP contribution >= 0.6 is 11.6 Å². The second kappa shape index (κ2) is 5.07. The summed E-state index contributed by atoms with van der Waals surface area (Å²) in [6, 6.07) is 10.6. The molecule has 2 rings (SSSR count). The van der Waals surface area contributed by atoms with Crippen molar-refractivity contribution in [2.24, 2.45) is 7.05 Å². The summed E-state index contributed by atoms with van der Waals surface area (Å²) in [7, 11) is 1.82.